The van der Waals surface area contributed by atoms with Gasteiger partial charge in [-0.15, -0.1) is 0 Å². The zero-order valence-electron chi connectivity index (χ0n) is 12.3. The monoisotopic (exact) mass is 303 g/mol. The topological polar surface area (TPSA) is 39.1 Å². The minimum Gasteiger partial charge on any atom is -0.310 e. The van der Waals surface area contributed by atoms with Gasteiger partial charge in [-0.3, -0.25) is 4.90 Å². The first kappa shape index (κ1) is 16.6. The highest BCUT2D eigenvalue weighted by atomic mass is 19.4. The molecule has 0 radical (unpaired) electrons. The molecule has 1 saturated heterocycles. The van der Waals surface area contributed by atoms with E-state index in [1.54, 1.807) is 0 Å². The largest absolute Gasteiger partial charge is 0.389 e. The summed E-state index contributed by atoms with van der Waals surface area (Å²) in [6.45, 7) is 1.30. The van der Waals surface area contributed by atoms with E-state index < -0.39 is 18.5 Å². The molecule has 0 aromatic heterocycles. The summed E-state index contributed by atoms with van der Waals surface area (Å²) >= 11 is 0. The predicted molar refractivity (Wildman–Crippen MR) is 74.6 cm³/mol. The van der Waals surface area contributed by atoms with Gasteiger partial charge in [-0.2, -0.15) is 18.4 Å². The van der Waals surface area contributed by atoms with E-state index in [0.717, 1.165) is 12.8 Å². The Morgan fingerprint density at radius 1 is 1.10 bits per heavy atom. The molecule has 0 aromatic rings. The summed E-state index contributed by atoms with van der Waals surface area (Å²) in [5.41, 5.74) is 0. The van der Waals surface area contributed by atoms with Gasteiger partial charge >= 0.3 is 6.18 Å². The van der Waals surface area contributed by atoms with E-state index in [0.29, 0.717) is 25.6 Å². The number of hydrogen-bond donors (Lipinski definition) is 1. The molecule has 2 unspecified atom stereocenters. The van der Waals surface area contributed by atoms with E-state index in [1.807, 2.05) is 4.90 Å². The Morgan fingerprint density at radius 2 is 1.81 bits per heavy atom. The van der Waals surface area contributed by atoms with Crippen LogP contribution in [-0.4, -0.2) is 42.8 Å². The second-order valence-electron chi connectivity index (χ2n) is 6.47. The zero-order valence-corrected chi connectivity index (χ0v) is 12.3. The van der Waals surface area contributed by atoms with Gasteiger partial charge in [0.15, 0.2) is 0 Å². The van der Waals surface area contributed by atoms with Crippen molar-refractivity contribution in [2.75, 3.05) is 19.6 Å². The SMILES string of the molecule is N#CCN1CC(CC(F)(F)F)CC(NC2CCCCC2)C1. The molecule has 0 aromatic carbocycles. The normalized spacial score (nSPS) is 29.2. The van der Waals surface area contributed by atoms with Crippen LogP contribution in [0.5, 0.6) is 0 Å². The number of likely N-dealkylation sites (tertiary alicyclic amines) is 1. The molecule has 2 aliphatic rings. The highest BCUT2D eigenvalue weighted by Crippen LogP contribution is 2.31. The van der Waals surface area contributed by atoms with Crippen molar-refractivity contribution in [3.05, 3.63) is 0 Å². The Morgan fingerprint density at radius 3 is 2.43 bits per heavy atom. The maximum Gasteiger partial charge on any atom is 0.389 e. The Hall–Kier alpha value is -0.800. The summed E-state index contributed by atoms with van der Waals surface area (Å²) in [5, 5.41) is 12.4. The van der Waals surface area contributed by atoms with Gasteiger partial charge in [0.2, 0.25) is 0 Å². The lowest BCUT2D eigenvalue weighted by Crippen LogP contribution is -2.52. The minimum absolute atomic E-state index is 0.0857. The fourth-order valence-corrected chi connectivity index (χ4v) is 3.73. The average Bonchev–Trinajstić information content (AvgIpc) is 2.38. The molecule has 1 aliphatic heterocycles. The number of halogens is 3. The third kappa shape index (κ3) is 5.84. The molecule has 1 N–H and O–H groups in total. The van der Waals surface area contributed by atoms with E-state index in [9.17, 15) is 13.2 Å². The second kappa shape index (κ2) is 7.46. The lowest BCUT2D eigenvalue weighted by Gasteiger charge is -2.39. The summed E-state index contributed by atoms with van der Waals surface area (Å²) < 4.78 is 37.9. The lowest BCUT2D eigenvalue weighted by molar-refractivity contribution is -0.148. The van der Waals surface area contributed by atoms with Gasteiger partial charge in [0.25, 0.3) is 0 Å². The summed E-state index contributed by atoms with van der Waals surface area (Å²) in [6.07, 6.45) is 1.64. The number of nitrogens with one attached hydrogen (secondary N) is 1. The number of nitrogens with zero attached hydrogens (tertiary/aromatic N) is 2. The molecule has 1 heterocycles. The number of hydrogen-bond acceptors (Lipinski definition) is 3. The van der Waals surface area contributed by atoms with Crippen LogP contribution in [0.1, 0.15) is 44.9 Å². The van der Waals surface area contributed by atoms with Crippen molar-refractivity contribution in [3.63, 3.8) is 0 Å². The molecule has 1 aliphatic carbocycles. The van der Waals surface area contributed by atoms with Crippen molar-refractivity contribution < 1.29 is 13.2 Å². The van der Waals surface area contributed by atoms with E-state index >= 15 is 0 Å². The van der Waals surface area contributed by atoms with Crippen LogP contribution in [0.3, 0.4) is 0 Å². The summed E-state index contributed by atoms with van der Waals surface area (Å²) in [5.74, 6) is -0.395. The zero-order chi connectivity index (χ0) is 15.3. The summed E-state index contributed by atoms with van der Waals surface area (Å²) in [6, 6.07) is 2.59. The number of nitriles is 1. The Balaban J connectivity index is 1.90. The van der Waals surface area contributed by atoms with Crippen molar-refractivity contribution in [2.24, 2.45) is 5.92 Å². The van der Waals surface area contributed by atoms with Crippen LogP contribution in [0.25, 0.3) is 0 Å². The van der Waals surface area contributed by atoms with Gasteiger partial charge in [-0.25, -0.2) is 0 Å². The van der Waals surface area contributed by atoms with Crippen LogP contribution in [0.2, 0.25) is 0 Å². The van der Waals surface area contributed by atoms with Gasteiger partial charge in [0.05, 0.1) is 12.6 Å². The molecule has 2 rings (SSSR count). The molecule has 3 nitrogen and oxygen atoms in total. The van der Waals surface area contributed by atoms with E-state index in [2.05, 4.69) is 11.4 Å². The molecular weight excluding hydrogens is 279 g/mol. The smallest absolute Gasteiger partial charge is 0.310 e. The quantitative estimate of drug-likeness (QED) is 0.811. The van der Waals surface area contributed by atoms with Gasteiger partial charge in [-0.1, -0.05) is 19.3 Å². The lowest BCUT2D eigenvalue weighted by atomic mass is 9.89. The maximum atomic E-state index is 12.6. The number of piperidine rings is 1. The van der Waals surface area contributed by atoms with Crippen LogP contribution >= 0.6 is 0 Å². The number of rotatable bonds is 4. The van der Waals surface area contributed by atoms with Crippen LogP contribution in [-0.2, 0) is 0 Å². The highest BCUT2D eigenvalue weighted by molar-refractivity contribution is 4.90. The summed E-state index contributed by atoms with van der Waals surface area (Å²) in [7, 11) is 0. The first-order chi connectivity index (χ1) is 9.96. The van der Waals surface area contributed by atoms with Crippen molar-refractivity contribution in [2.45, 2.75) is 63.2 Å². The molecule has 0 bridgehead atoms. The van der Waals surface area contributed by atoms with Crippen molar-refractivity contribution in [1.82, 2.24) is 10.2 Å². The van der Waals surface area contributed by atoms with Gasteiger partial charge in [0, 0.05) is 31.6 Å². The number of alkyl halides is 3. The van der Waals surface area contributed by atoms with Crippen molar-refractivity contribution in [3.8, 4) is 6.07 Å². The Bertz CT molecular complexity index is 358. The highest BCUT2D eigenvalue weighted by Gasteiger charge is 2.37. The fraction of sp³-hybridized carbons (Fsp3) is 0.933. The summed E-state index contributed by atoms with van der Waals surface area (Å²) in [4.78, 5) is 1.86. The fourth-order valence-electron chi connectivity index (χ4n) is 3.73. The van der Waals surface area contributed by atoms with Gasteiger partial charge < -0.3 is 5.32 Å². The Kier molecular flexibility index (Phi) is 5.88. The molecule has 21 heavy (non-hydrogen) atoms. The molecule has 6 heteroatoms. The molecule has 1 saturated carbocycles. The Labute approximate surface area is 124 Å². The molecule has 2 atom stereocenters. The molecule has 2 fully saturated rings. The molecule has 0 spiro atoms. The van der Waals surface area contributed by atoms with Crippen molar-refractivity contribution in [1.29, 1.82) is 5.26 Å². The van der Waals surface area contributed by atoms with E-state index in [1.165, 1.54) is 19.3 Å². The van der Waals surface area contributed by atoms with Crippen LogP contribution < -0.4 is 5.32 Å². The van der Waals surface area contributed by atoms with Crippen LogP contribution in [0.15, 0.2) is 0 Å². The van der Waals surface area contributed by atoms with Gasteiger partial charge in [0.1, 0.15) is 0 Å². The molecule has 0 amide bonds. The van der Waals surface area contributed by atoms with Crippen LogP contribution in [0, 0.1) is 17.2 Å². The average molecular weight is 303 g/mol. The standard InChI is InChI=1S/C15H24F3N3/c16-15(17,18)9-12-8-14(11-21(10-12)7-6-19)20-13-4-2-1-3-5-13/h12-14,20H,1-5,7-11H2. The van der Waals surface area contributed by atoms with Gasteiger partial charge in [-0.05, 0) is 25.2 Å². The van der Waals surface area contributed by atoms with Crippen molar-refractivity contribution >= 4 is 0 Å². The first-order valence-electron chi connectivity index (χ1n) is 7.88. The maximum absolute atomic E-state index is 12.6. The first-order valence-corrected chi connectivity index (χ1v) is 7.88. The third-order valence-electron chi connectivity index (χ3n) is 4.50. The molecule has 120 valence electrons. The van der Waals surface area contributed by atoms with Crippen LogP contribution in [0.4, 0.5) is 13.2 Å². The third-order valence-corrected chi connectivity index (χ3v) is 4.50. The minimum atomic E-state index is -4.12. The van der Waals surface area contributed by atoms with E-state index in [4.69, 9.17) is 5.26 Å². The second-order valence-corrected chi connectivity index (χ2v) is 6.47. The molecular formula is C15H24F3N3. The predicted octanol–water partition coefficient (Wildman–Crippen LogP) is 3.08. The van der Waals surface area contributed by atoms with E-state index in [-0.39, 0.29) is 12.6 Å².